The van der Waals surface area contributed by atoms with Crippen LogP contribution >= 0.6 is 0 Å². The third-order valence-corrected chi connectivity index (χ3v) is 8.39. The summed E-state index contributed by atoms with van der Waals surface area (Å²) in [5.74, 6) is 0. The van der Waals surface area contributed by atoms with Crippen molar-refractivity contribution < 1.29 is 9.80 Å². The van der Waals surface area contributed by atoms with Crippen LogP contribution in [0.2, 0.25) is 0 Å². The van der Waals surface area contributed by atoms with E-state index >= 15 is 0 Å². The molecule has 0 aromatic carbocycles. The number of rotatable bonds is 3. The highest BCUT2D eigenvalue weighted by Gasteiger charge is 2.41. The Labute approximate surface area is 150 Å². The summed E-state index contributed by atoms with van der Waals surface area (Å²) in [6, 6.07) is 0. The first-order valence-corrected chi connectivity index (χ1v) is 11.4. The van der Waals surface area contributed by atoms with Crippen LogP contribution in [0.25, 0.3) is 0 Å². The number of likely N-dealkylation sites (tertiary alicyclic amines) is 2. The molecule has 0 aromatic heterocycles. The van der Waals surface area contributed by atoms with Crippen molar-refractivity contribution in [3.8, 4) is 0 Å². The molecule has 2 saturated heterocycles. The molecule has 2 heterocycles. The van der Waals surface area contributed by atoms with Crippen molar-refractivity contribution in [3.05, 3.63) is 0 Å². The van der Waals surface area contributed by atoms with E-state index in [0.29, 0.717) is 0 Å². The third kappa shape index (κ3) is 4.01. The summed E-state index contributed by atoms with van der Waals surface area (Å²) in [5.41, 5.74) is 1.54. The van der Waals surface area contributed by atoms with Gasteiger partial charge in [0.15, 0.2) is 0 Å². The Balaban J connectivity index is 1.27. The predicted molar refractivity (Wildman–Crippen MR) is 101 cm³/mol. The van der Waals surface area contributed by atoms with Gasteiger partial charge in [-0.3, -0.25) is 0 Å². The molecule has 0 amide bonds. The predicted octanol–water partition coefficient (Wildman–Crippen LogP) is 2.24. The van der Waals surface area contributed by atoms with Gasteiger partial charge in [0.2, 0.25) is 0 Å². The average molecular weight is 335 g/mol. The maximum absolute atomic E-state index is 1.97. The number of quaternary nitrogens is 2. The molecule has 4 rings (SSSR count). The van der Waals surface area contributed by atoms with Crippen molar-refractivity contribution in [3.63, 3.8) is 0 Å². The highest BCUT2D eigenvalue weighted by atomic mass is 15.2. The molecule has 2 N–H and O–H groups in total. The molecule has 2 atom stereocenters. The normalized spacial score (nSPS) is 36.0. The molecule has 138 valence electrons. The van der Waals surface area contributed by atoms with E-state index < -0.39 is 0 Å². The van der Waals surface area contributed by atoms with Gasteiger partial charge in [-0.05, 0) is 51.4 Å². The van der Waals surface area contributed by atoms with E-state index in [2.05, 4.69) is 0 Å². The summed E-state index contributed by atoms with van der Waals surface area (Å²) >= 11 is 0. The van der Waals surface area contributed by atoms with Gasteiger partial charge >= 0.3 is 0 Å². The fraction of sp³-hybridized carbons (Fsp3) is 1.00. The molecule has 2 aliphatic heterocycles. The van der Waals surface area contributed by atoms with Crippen LogP contribution in [0.1, 0.15) is 89.9 Å². The van der Waals surface area contributed by atoms with Gasteiger partial charge in [-0.2, -0.15) is 0 Å². The second-order valence-corrected chi connectivity index (χ2v) is 10.2. The lowest BCUT2D eigenvalue weighted by Gasteiger charge is -2.44. The second kappa shape index (κ2) is 7.66. The maximum atomic E-state index is 1.97. The third-order valence-electron chi connectivity index (χ3n) is 8.39. The van der Waals surface area contributed by atoms with Gasteiger partial charge < -0.3 is 9.80 Å². The quantitative estimate of drug-likeness (QED) is 0.783. The van der Waals surface area contributed by atoms with E-state index in [1.807, 2.05) is 9.80 Å². The summed E-state index contributed by atoms with van der Waals surface area (Å²) in [6.45, 7) is 8.91. The minimum atomic E-state index is 0.771. The van der Waals surface area contributed by atoms with Crippen molar-refractivity contribution in [1.29, 1.82) is 0 Å². The Bertz CT molecular complexity index is 344. The van der Waals surface area contributed by atoms with Gasteiger partial charge in [0, 0.05) is 10.8 Å². The van der Waals surface area contributed by atoms with E-state index in [-0.39, 0.29) is 0 Å². The zero-order valence-electron chi connectivity index (χ0n) is 16.1. The molecule has 2 nitrogen and oxygen atoms in total. The van der Waals surface area contributed by atoms with Crippen LogP contribution < -0.4 is 9.80 Å². The molecule has 4 fully saturated rings. The van der Waals surface area contributed by atoms with Crippen LogP contribution in [0.3, 0.4) is 0 Å². The largest absolute Gasteiger partial charge is 0.330 e. The lowest BCUT2D eigenvalue weighted by molar-refractivity contribution is -0.969. The minimum absolute atomic E-state index is 0.771. The van der Waals surface area contributed by atoms with Crippen LogP contribution in [0.4, 0.5) is 0 Å². The van der Waals surface area contributed by atoms with E-state index in [1.165, 1.54) is 90.6 Å². The van der Waals surface area contributed by atoms with Crippen LogP contribution in [-0.2, 0) is 0 Å². The van der Waals surface area contributed by atoms with Gasteiger partial charge in [0.1, 0.15) is 13.1 Å². The Morgan fingerprint density at radius 3 is 1.25 bits per heavy atom. The maximum Gasteiger partial charge on any atom is 0.127 e. The van der Waals surface area contributed by atoms with E-state index in [1.54, 1.807) is 38.5 Å². The molecule has 24 heavy (non-hydrogen) atoms. The van der Waals surface area contributed by atoms with Crippen LogP contribution in [0, 0.1) is 10.8 Å². The molecule has 2 saturated carbocycles. The SMILES string of the molecule is C1CCC2(CC1)CCC[NH+](CC[NH+]1CCCC3(CCCCC3)C1)C2. The van der Waals surface area contributed by atoms with Gasteiger partial charge in [0.05, 0.1) is 26.2 Å². The van der Waals surface area contributed by atoms with Crippen LogP contribution in [0.5, 0.6) is 0 Å². The minimum Gasteiger partial charge on any atom is -0.330 e. The lowest BCUT2D eigenvalue weighted by Crippen LogP contribution is -3.22. The molecule has 0 bridgehead atoms. The standard InChI is InChI=1S/C22H40N2/c1-3-9-21(10-4-1)13-7-15-23(19-21)17-18-24-16-8-14-22(20-24)11-5-2-6-12-22/h1-20H2/p+2. The molecular weight excluding hydrogens is 292 g/mol. The number of nitrogens with one attached hydrogen (secondary N) is 2. The Morgan fingerprint density at radius 1 is 0.458 bits per heavy atom. The highest BCUT2D eigenvalue weighted by Crippen LogP contribution is 2.41. The van der Waals surface area contributed by atoms with Crippen molar-refractivity contribution in [2.45, 2.75) is 89.9 Å². The monoisotopic (exact) mass is 334 g/mol. The first-order chi connectivity index (χ1) is 11.8. The fourth-order valence-electron chi connectivity index (χ4n) is 7.08. The van der Waals surface area contributed by atoms with Crippen molar-refractivity contribution >= 4 is 0 Å². The van der Waals surface area contributed by atoms with Crippen molar-refractivity contribution in [2.24, 2.45) is 10.8 Å². The van der Waals surface area contributed by atoms with Crippen LogP contribution in [0.15, 0.2) is 0 Å². The molecule has 2 aliphatic carbocycles. The molecule has 0 radical (unpaired) electrons. The second-order valence-electron chi connectivity index (χ2n) is 10.2. The van der Waals surface area contributed by atoms with Crippen molar-refractivity contribution in [1.82, 2.24) is 0 Å². The average Bonchev–Trinajstić information content (AvgIpc) is 2.62. The van der Waals surface area contributed by atoms with Gasteiger partial charge in [-0.15, -0.1) is 0 Å². The Hall–Kier alpha value is -0.0800. The summed E-state index contributed by atoms with van der Waals surface area (Å²) in [5, 5.41) is 0. The van der Waals surface area contributed by atoms with E-state index in [4.69, 9.17) is 0 Å². The molecule has 2 unspecified atom stereocenters. The summed E-state index contributed by atoms with van der Waals surface area (Å²) in [6.07, 6.45) is 21.4. The first-order valence-electron chi connectivity index (χ1n) is 11.4. The molecule has 4 aliphatic rings. The first kappa shape index (κ1) is 17.3. The summed E-state index contributed by atoms with van der Waals surface area (Å²) < 4.78 is 0. The summed E-state index contributed by atoms with van der Waals surface area (Å²) in [4.78, 5) is 3.94. The molecular formula is C22H42N2+2. The van der Waals surface area contributed by atoms with E-state index in [9.17, 15) is 0 Å². The Morgan fingerprint density at radius 2 is 0.833 bits per heavy atom. The van der Waals surface area contributed by atoms with Gasteiger partial charge in [-0.1, -0.05) is 38.5 Å². The highest BCUT2D eigenvalue weighted by molar-refractivity contribution is 4.85. The van der Waals surface area contributed by atoms with Crippen molar-refractivity contribution in [2.75, 3.05) is 39.3 Å². The number of hydrogen-bond acceptors (Lipinski definition) is 0. The molecule has 2 spiro atoms. The zero-order chi connectivity index (χ0) is 16.3. The van der Waals surface area contributed by atoms with E-state index in [0.717, 1.165) is 10.8 Å². The lowest BCUT2D eigenvalue weighted by atomic mass is 9.69. The number of piperidine rings is 2. The topological polar surface area (TPSA) is 8.88 Å². The van der Waals surface area contributed by atoms with Crippen LogP contribution in [-0.4, -0.2) is 39.3 Å². The zero-order valence-corrected chi connectivity index (χ0v) is 16.1. The smallest absolute Gasteiger partial charge is 0.127 e. The Kier molecular flexibility index (Phi) is 5.53. The fourth-order valence-corrected chi connectivity index (χ4v) is 7.08. The summed E-state index contributed by atoms with van der Waals surface area (Å²) in [7, 11) is 0. The molecule has 0 aromatic rings. The van der Waals surface area contributed by atoms with Gasteiger partial charge in [0.25, 0.3) is 0 Å². The number of hydrogen-bond donors (Lipinski definition) is 2. The molecule has 2 heteroatoms. The van der Waals surface area contributed by atoms with Gasteiger partial charge in [-0.25, -0.2) is 0 Å².